The lowest BCUT2D eigenvalue weighted by molar-refractivity contribution is -0.384. The molecule has 0 spiro atoms. The molecule has 1 aromatic heterocycles. The van der Waals surface area contributed by atoms with E-state index in [1.54, 1.807) is 30.7 Å². The normalized spacial score (nSPS) is 14.9. The van der Waals surface area contributed by atoms with Crippen LogP contribution in [-0.2, 0) is 15.3 Å². The summed E-state index contributed by atoms with van der Waals surface area (Å²) >= 11 is 1.49. The molecule has 36 heavy (non-hydrogen) atoms. The number of ether oxygens (including phenoxy) is 1. The van der Waals surface area contributed by atoms with Gasteiger partial charge in [-0.1, -0.05) is 54.2 Å². The van der Waals surface area contributed by atoms with Crippen molar-refractivity contribution >= 4 is 40.1 Å². The summed E-state index contributed by atoms with van der Waals surface area (Å²) in [5.74, 6) is 0.690. The number of aromatic nitrogens is 3. The molecule has 1 atom stereocenters. The number of nitrogens with one attached hydrogen (secondary N) is 1. The number of non-ortho nitro benzene ring substituents is 1. The van der Waals surface area contributed by atoms with Crippen molar-refractivity contribution in [3.63, 3.8) is 0 Å². The number of allylic oxidation sites excluding steroid dienone is 1. The van der Waals surface area contributed by atoms with Gasteiger partial charge in [0, 0.05) is 23.6 Å². The number of nitro groups is 1. The highest BCUT2D eigenvalue weighted by atomic mass is 32.2. The molecule has 0 aliphatic carbocycles. The fourth-order valence-electron chi connectivity index (χ4n) is 4.23. The summed E-state index contributed by atoms with van der Waals surface area (Å²) in [5.41, 5.74) is 2.77. The van der Waals surface area contributed by atoms with Gasteiger partial charge in [0.1, 0.15) is 6.04 Å². The van der Waals surface area contributed by atoms with Crippen molar-refractivity contribution in [2.75, 3.05) is 11.9 Å². The van der Waals surface area contributed by atoms with Gasteiger partial charge in [-0.25, -0.2) is 9.48 Å². The monoisotopic (exact) mass is 501 g/mol. The number of anilines is 1. The van der Waals surface area contributed by atoms with Crippen molar-refractivity contribution in [1.29, 1.82) is 0 Å². The molecule has 182 valence electrons. The Morgan fingerprint density at radius 3 is 2.61 bits per heavy atom. The van der Waals surface area contributed by atoms with Crippen LogP contribution >= 0.6 is 11.8 Å². The van der Waals surface area contributed by atoms with Crippen LogP contribution in [0.5, 0.6) is 0 Å². The number of rotatable bonds is 7. The molecule has 5 rings (SSSR count). The smallest absolute Gasteiger partial charge is 0.338 e. The van der Waals surface area contributed by atoms with Crippen LogP contribution in [0.25, 0.3) is 10.8 Å². The number of nitro benzene ring substituents is 1. The van der Waals surface area contributed by atoms with E-state index in [0.717, 1.165) is 5.56 Å². The highest BCUT2D eigenvalue weighted by Gasteiger charge is 2.35. The summed E-state index contributed by atoms with van der Waals surface area (Å²) in [6.45, 7) is 3.75. The molecule has 10 heteroatoms. The van der Waals surface area contributed by atoms with Gasteiger partial charge in [0.05, 0.1) is 17.1 Å². The lowest BCUT2D eigenvalue weighted by Gasteiger charge is -2.28. The SMILES string of the molecule is CCOC(=O)C1=C(C)Nc2nc(SCc3ccc4ccccc4c3)nn2[C@H]1c1ccc([N+](=O)[O-])cc1. The van der Waals surface area contributed by atoms with E-state index in [1.165, 1.54) is 34.7 Å². The number of carbonyl (C=O) groups is 1. The zero-order valence-corrected chi connectivity index (χ0v) is 20.5. The Bertz CT molecular complexity index is 1500. The molecule has 0 amide bonds. The first kappa shape index (κ1) is 23.6. The van der Waals surface area contributed by atoms with Crippen LogP contribution in [0, 0.1) is 10.1 Å². The molecule has 0 bridgehead atoms. The lowest BCUT2D eigenvalue weighted by Crippen LogP contribution is -2.29. The molecular weight excluding hydrogens is 478 g/mol. The quantitative estimate of drug-likeness (QED) is 0.153. The van der Waals surface area contributed by atoms with Crippen molar-refractivity contribution in [3.05, 3.63) is 99.2 Å². The van der Waals surface area contributed by atoms with Crippen molar-refractivity contribution in [3.8, 4) is 0 Å². The Kier molecular flexibility index (Phi) is 6.43. The second-order valence-corrected chi connectivity index (χ2v) is 9.21. The van der Waals surface area contributed by atoms with Gasteiger partial charge in [-0.15, -0.1) is 5.10 Å². The maximum Gasteiger partial charge on any atom is 0.338 e. The van der Waals surface area contributed by atoms with Crippen LogP contribution in [0.4, 0.5) is 11.6 Å². The summed E-state index contributed by atoms with van der Waals surface area (Å²) in [6.07, 6.45) is 0. The van der Waals surface area contributed by atoms with E-state index in [9.17, 15) is 14.9 Å². The van der Waals surface area contributed by atoms with Gasteiger partial charge in [0.25, 0.3) is 5.69 Å². The Hall–Kier alpha value is -4.18. The van der Waals surface area contributed by atoms with Crippen LogP contribution in [0.15, 0.2) is 83.2 Å². The second-order valence-electron chi connectivity index (χ2n) is 8.27. The van der Waals surface area contributed by atoms with Gasteiger partial charge in [0.2, 0.25) is 11.1 Å². The maximum atomic E-state index is 12.9. The van der Waals surface area contributed by atoms with Gasteiger partial charge >= 0.3 is 5.97 Å². The predicted octanol–water partition coefficient (Wildman–Crippen LogP) is 5.48. The molecule has 4 aromatic rings. The number of thioether (sulfide) groups is 1. The first-order valence-corrected chi connectivity index (χ1v) is 12.4. The molecule has 1 N–H and O–H groups in total. The third kappa shape index (κ3) is 4.55. The standard InChI is InChI=1S/C26H23N5O4S/c1-3-35-24(32)22-16(2)27-25-28-26(36-15-17-8-9-18-6-4-5-7-20(18)14-17)29-30(25)23(22)19-10-12-21(13-11-19)31(33)34/h4-14,23H,3,15H2,1-2H3,(H,27,28,29)/t23-/m0/s1. The molecule has 0 fully saturated rings. The predicted molar refractivity (Wildman–Crippen MR) is 138 cm³/mol. The van der Waals surface area contributed by atoms with E-state index >= 15 is 0 Å². The number of benzene rings is 3. The van der Waals surface area contributed by atoms with Crippen LogP contribution in [0.3, 0.4) is 0 Å². The summed E-state index contributed by atoms with van der Waals surface area (Å²) in [7, 11) is 0. The molecular formula is C26H23N5O4S. The van der Waals surface area contributed by atoms with Crippen LogP contribution in [-0.4, -0.2) is 32.3 Å². The Balaban J connectivity index is 1.47. The van der Waals surface area contributed by atoms with E-state index in [1.807, 2.05) is 12.1 Å². The molecule has 3 aromatic carbocycles. The number of hydrogen-bond donors (Lipinski definition) is 1. The van der Waals surface area contributed by atoms with Gasteiger partial charge in [-0.2, -0.15) is 4.98 Å². The van der Waals surface area contributed by atoms with E-state index in [2.05, 4.69) is 40.6 Å². The van der Waals surface area contributed by atoms with Crippen molar-refractivity contribution in [1.82, 2.24) is 14.8 Å². The van der Waals surface area contributed by atoms with Gasteiger partial charge in [0.15, 0.2) is 0 Å². The Morgan fingerprint density at radius 2 is 1.89 bits per heavy atom. The molecule has 1 aliphatic heterocycles. The minimum Gasteiger partial charge on any atom is -0.463 e. The molecule has 0 radical (unpaired) electrons. The molecule has 1 aliphatic rings. The minimum atomic E-state index is -0.636. The largest absolute Gasteiger partial charge is 0.463 e. The highest BCUT2D eigenvalue weighted by molar-refractivity contribution is 7.98. The fourth-order valence-corrected chi connectivity index (χ4v) is 5.00. The molecule has 0 saturated carbocycles. The third-order valence-corrected chi connectivity index (χ3v) is 6.84. The lowest BCUT2D eigenvalue weighted by atomic mass is 9.95. The van der Waals surface area contributed by atoms with Gasteiger partial charge in [-0.3, -0.25) is 10.1 Å². The number of carbonyl (C=O) groups excluding carboxylic acids is 1. The number of nitrogens with zero attached hydrogens (tertiary/aromatic N) is 4. The number of hydrogen-bond acceptors (Lipinski definition) is 8. The van der Waals surface area contributed by atoms with E-state index in [4.69, 9.17) is 9.84 Å². The van der Waals surface area contributed by atoms with Crippen molar-refractivity contribution < 1.29 is 14.5 Å². The first-order chi connectivity index (χ1) is 17.4. The third-order valence-electron chi connectivity index (χ3n) is 5.93. The minimum absolute atomic E-state index is 0.0310. The van der Waals surface area contributed by atoms with Crippen LogP contribution in [0.1, 0.15) is 31.0 Å². The van der Waals surface area contributed by atoms with Gasteiger partial charge < -0.3 is 10.1 Å². The number of esters is 1. The summed E-state index contributed by atoms with van der Waals surface area (Å²) in [4.78, 5) is 28.2. The average molecular weight is 502 g/mol. The Labute approximate surface area is 211 Å². The molecule has 0 saturated heterocycles. The van der Waals surface area contributed by atoms with Crippen LogP contribution in [0.2, 0.25) is 0 Å². The highest BCUT2D eigenvalue weighted by Crippen LogP contribution is 2.37. The zero-order chi connectivity index (χ0) is 25.2. The van der Waals surface area contributed by atoms with Crippen molar-refractivity contribution in [2.24, 2.45) is 0 Å². The topological polar surface area (TPSA) is 112 Å². The second kappa shape index (κ2) is 9.82. The van der Waals surface area contributed by atoms with Gasteiger partial charge in [-0.05, 0) is 47.9 Å². The van der Waals surface area contributed by atoms with Crippen LogP contribution < -0.4 is 5.32 Å². The fraction of sp³-hybridized carbons (Fsp3) is 0.192. The zero-order valence-electron chi connectivity index (χ0n) is 19.7. The molecule has 2 heterocycles. The average Bonchev–Trinajstić information content (AvgIpc) is 3.29. The summed E-state index contributed by atoms with van der Waals surface area (Å²) in [6, 6.07) is 20.0. The summed E-state index contributed by atoms with van der Waals surface area (Å²) < 4.78 is 6.96. The molecule has 9 nitrogen and oxygen atoms in total. The maximum absolute atomic E-state index is 12.9. The van der Waals surface area contributed by atoms with E-state index < -0.39 is 16.9 Å². The van der Waals surface area contributed by atoms with Crippen molar-refractivity contribution in [2.45, 2.75) is 30.8 Å². The molecule has 0 unspecified atom stereocenters. The first-order valence-electron chi connectivity index (χ1n) is 11.4. The Morgan fingerprint density at radius 1 is 1.14 bits per heavy atom. The summed E-state index contributed by atoms with van der Waals surface area (Å²) in [5, 5.41) is 21.9. The van der Waals surface area contributed by atoms with E-state index in [-0.39, 0.29) is 12.3 Å². The number of fused-ring (bicyclic) bond motifs is 2. The van der Waals surface area contributed by atoms with E-state index in [0.29, 0.717) is 33.7 Å².